The molecule has 56 valence electrons. The highest BCUT2D eigenvalue weighted by atomic mass is 16.5. The maximum atomic E-state index is 9.08. The van der Waals surface area contributed by atoms with Gasteiger partial charge >= 0.3 is 0 Å². The highest BCUT2D eigenvalue weighted by molar-refractivity contribution is 4.68. The topological polar surface area (TPSA) is 49.7 Å². The van der Waals surface area contributed by atoms with E-state index >= 15 is 0 Å². The smallest absolute Gasteiger partial charge is 0.108 e. The predicted octanol–water partition coefficient (Wildman–Crippen LogP) is -0.234. The van der Waals surface area contributed by atoms with Crippen molar-refractivity contribution in [1.29, 1.82) is 0 Å². The minimum Gasteiger partial charge on any atom is -0.393 e. The summed E-state index contributed by atoms with van der Waals surface area (Å²) in [4.78, 5) is 0. The molecule has 0 unspecified atom stereocenters. The molecule has 3 nitrogen and oxygen atoms in total. The van der Waals surface area contributed by atoms with Gasteiger partial charge in [-0.05, 0) is 13.8 Å². The van der Waals surface area contributed by atoms with Crippen LogP contribution < -0.4 is 0 Å². The van der Waals surface area contributed by atoms with E-state index in [2.05, 4.69) is 0 Å². The van der Waals surface area contributed by atoms with Crippen LogP contribution in [0.3, 0.4) is 0 Å². The van der Waals surface area contributed by atoms with Crippen LogP contribution in [0, 0.1) is 0 Å². The summed E-state index contributed by atoms with van der Waals surface area (Å²) in [7, 11) is 0. The van der Waals surface area contributed by atoms with E-state index in [1.54, 1.807) is 0 Å². The number of hydrogen-bond donors (Lipinski definition) is 2. The molecule has 0 saturated carbocycles. The molecule has 0 radical (unpaired) electrons. The minimum atomic E-state index is -1.07. The van der Waals surface area contributed by atoms with Gasteiger partial charge in [0.1, 0.15) is 5.60 Å². The lowest BCUT2D eigenvalue weighted by molar-refractivity contribution is -0.0626. The molecule has 0 aliphatic heterocycles. The van der Waals surface area contributed by atoms with Gasteiger partial charge in [-0.2, -0.15) is 0 Å². The summed E-state index contributed by atoms with van der Waals surface area (Å²) in [5.74, 6) is 0. The van der Waals surface area contributed by atoms with Crippen molar-refractivity contribution in [1.82, 2.24) is 0 Å². The molecule has 0 bridgehead atoms. The third-order valence-corrected chi connectivity index (χ3v) is 0.958. The Balaban J connectivity index is 3.33. The van der Waals surface area contributed by atoms with E-state index in [4.69, 9.17) is 14.9 Å². The lowest BCUT2D eigenvalue weighted by Crippen LogP contribution is -2.34. The van der Waals surface area contributed by atoms with Crippen LogP contribution in [0.15, 0.2) is 0 Å². The first kappa shape index (κ1) is 8.88. The van der Waals surface area contributed by atoms with Crippen LogP contribution in [-0.4, -0.2) is 35.6 Å². The third kappa shape index (κ3) is 4.39. The van der Waals surface area contributed by atoms with E-state index in [1.807, 2.05) is 6.92 Å². The first-order valence-electron chi connectivity index (χ1n) is 3.03. The Morgan fingerprint density at radius 2 is 2.11 bits per heavy atom. The Kier molecular flexibility index (Phi) is 3.77. The molecule has 0 heterocycles. The molecule has 0 saturated heterocycles. The molecule has 0 fully saturated rings. The normalized spacial score (nSPS) is 17.3. The van der Waals surface area contributed by atoms with Crippen molar-refractivity contribution < 1.29 is 14.9 Å². The largest absolute Gasteiger partial charge is 0.393 e. The average molecular weight is 134 g/mol. The van der Waals surface area contributed by atoms with Gasteiger partial charge in [0, 0.05) is 6.61 Å². The van der Waals surface area contributed by atoms with Gasteiger partial charge in [-0.15, -0.1) is 0 Å². The first-order chi connectivity index (χ1) is 4.12. The van der Waals surface area contributed by atoms with E-state index in [0.29, 0.717) is 6.61 Å². The Morgan fingerprint density at radius 3 is 2.44 bits per heavy atom. The van der Waals surface area contributed by atoms with Gasteiger partial charge in [-0.1, -0.05) is 0 Å². The van der Waals surface area contributed by atoms with Gasteiger partial charge in [-0.25, -0.2) is 0 Å². The molecular formula is C6H14O3. The van der Waals surface area contributed by atoms with E-state index in [-0.39, 0.29) is 13.2 Å². The molecule has 0 aliphatic rings. The van der Waals surface area contributed by atoms with Crippen molar-refractivity contribution in [2.24, 2.45) is 0 Å². The number of ether oxygens (including phenoxy) is 1. The Labute approximate surface area is 55.3 Å². The fourth-order valence-corrected chi connectivity index (χ4v) is 0.368. The number of rotatable bonds is 4. The van der Waals surface area contributed by atoms with Crippen LogP contribution >= 0.6 is 0 Å². The molecule has 2 N–H and O–H groups in total. The summed E-state index contributed by atoms with van der Waals surface area (Å²) in [6, 6.07) is 0. The summed E-state index contributed by atoms with van der Waals surface area (Å²) < 4.78 is 4.88. The monoisotopic (exact) mass is 134 g/mol. The Morgan fingerprint density at radius 1 is 1.56 bits per heavy atom. The van der Waals surface area contributed by atoms with Crippen LogP contribution in [0.25, 0.3) is 0 Å². The summed E-state index contributed by atoms with van der Waals surface area (Å²) in [5, 5.41) is 17.6. The second kappa shape index (κ2) is 3.82. The van der Waals surface area contributed by atoms with Gasteiger partial charge in [-0.3, -0.25) is 0 Å². The molecule has 0 aromatic carbocycles. The molecule has 0 aromatic rings. The van der Waals surface area contributed by atoms with Gasteiger partial charge in [0.15, 0.2) is 0 Å². The van der Waals surface area contributed by atoms with Crippen molar-refractivity contribution >= 4 is 0 Å². The maximum absolute atomic E-state index is 9.08. The minimum absolute atomic E-state index is 0.194. The van der Waals surface area contributed by atoms with Crippen LogP contribution in [0.5, 0.6) is 0 Å². The summed E-state index contributed by atoms with van der Waals surface area (Å²) in [6.45, 7) is 3.87. The average Bonchev–Trinajstić information content (AvgIpc) is 1.84. The number of aliphatic hydroxyl groups excluding tert-OH is 1. The van der Waals surface area contributed by atoms with Crippen LogP contribution in [0.4, 0.5) is 0 Å². The maximum Gasteiger partial charge on any atom is 0.108 e. The molecule has 0 aromatic heterocycles. The summed E-state index contributed by atoms with van der Waals surface area (Å²) in [6.07, 6.45) is 0. The SMILES string of the molecule is CCOC[C@](C)(O)CO. The van der Waals surface area contributed by atoms with E-state index in [0.717, 1.165) is 0 Å². The lowest BCUT2D eigenvalue weighted by atomic mass is 10.1. The fourth-order valence-electron chi connectivity index (χ4n) is 0.368. The summed E-state index contributed by atoms with van der Waals surface area (Å²) in [5.41, 5.74) is -1.07. The summed E-state index contributed by atoms with van der Waals surface area (Å²) >= 11 is 0. The predicted molar refractivity (Wildman–Crippen MR) is 34.2 cm³/mol. The van der Waals surface area contributed by atoms with Crippen molar-refractivity contribution in [2.75, 3.05) is 19.8 Å². The highest BCUT2D eigenvalue weighted by Gasteiger charge is 2.17. The Bertz CT molecular complexity index is 70.7. The molecule has 0 amide bonds. The van der Waals surface area contributed by atoms with Crippen molar-refractivity contribution in [3.05, 3.63) is 0 Å². The Hall–Kier alpha value is -0.120. The third-order valence-electron chi connectivity index (χ3n) is 0.958. The second-order valence-electron chi connectivity index (χ2n) is 2.29. The molecule has 0 aliphatic carbocycles. The van der Waals surface area contributed by atoms with E-state index in [9.17, 15) is 0 Å². The molecule has 0 spiro atoms. The highest BCUT2D eigenvalue weighted by Crippen LogP contribution is 2.00. The van der Waals surface area contributed by atoms with Crippen molar-refractivity contribution in [2.45, 2.75) is 19.4 Å². The lowest BCUT2D eigenvalue weighted by Gasteiger charge is -2.18. The van der Waals surface area contributed by atoms with Crippen LogP contribution in [-0.2, 0) is 4.74 Å². The van der Waals surface area contributed by atoms with Crippen molar-refractivity contribution in [3.63, 3.8) is 0 Å². The van der Waals surface area contributed by atoms with E-state index in [1.165, 1.54) is 6.92 Å². The first-order valence-corrected chi connectivity index (χ1v) is 3.03. The zero-order chi connectivity index (χ0) is 7.33. The van der Waals surface area contributed by atoms with E-state index < -0.39 is 5.60 Å². The number of hydrogen-bond acceptors (Lipinski definition) is 3. The standard InChI is InChI=1S/C6H14O3/c1-3-9-5-6(2,8)4-7/h7-8H,3-5H2,1-2H3/t6-/m1/s1. The number of aliphatic hydroxyl groups is 2. The second-order valence-corrected chi connectivity index (χ2v) is 2.29. The zero-order valence-electron chi connectivity index (χ0n) is 5.92. The fraction of sp³-hybridized carbons (Fsp3) is 1.00. The van der Waals surface area contributed by atoms with Gasteiger partial charge in [0.25, 0.3) is 0 Å². The zero-order valence-corrected chi connectivity index (χ0v) is 5.92. The molecular weight excluding hydrogens is 120 g/mol. The molecule has 1 atom stereocenters. The van der Waals surface area contributed by atoms with Gasteiger partial charge in [0.2, 0.25) is 0 Å². The molecule has 9 heavy (non-hydrogen) atoms. The quantitative estimate of drug-likeness (QED) is 0.558. The molecule has 3 heteroatoms. The molecule has 0 rings (SSSR count). The van der Waals surface area contributed by atoms with Gasteiger partial charge in [0.05, 0.1) is 13.2 Å². The van der Waals surface area contributed by atoms with Crippen LogP contribution in [0.1, 0.15) is 13.8 Å². The van der Waals surface area contributed by atoms with Crippen molar-refractivity contribution in [3.8, 4) is 0 Å². The van der Waals surface area contributed by atoms with Crippen LogP contribution in [0.2, 0.25) is 0 Å². The van der Waals surface area contributed by atoms with Gasteiger partial charge < -0.3 is 14.9 Å².